The third-order valence-electron chi connectivity index (χ3n) is 4.35. The van der Waals surface area contributed by atoms with Gasteiger partial charge in [-0.2, -0.15) is 0 Å². The normalized spacial score (nSPS) is 24.4. The lowest BCUT2D eigenvalue weighted by Gasteiger charge is -2.33. The van der Waals surface area contributed by atoms with Crippen LogP contribution in [0.1, 0.15) is 64.2 Å². The Morgan fingerprint density at radius 2 is 2.10 bits per heavy atom. The van der Waals surface area contributed by atoms with Crippen molar-refractivity contribution in [2.45, 2.75) is 64.0 Å². The van der Waals surface area contributed by atoms with Crippen molar-refractivity contribution in [3.63, 3.8) is 0 Å². The fourth-order valence-corrected chi connectivity index (χ4v) is 3.13. The van der Waals surface area contributed by atoms with Gasteiger partial charge >= 0.3 is 0 Å². The topological polar surface area (TPSA) is 43.2 Å². The van der Waals surface area contributed by atoms with E-state index in [2.05, 4.69) is 40.4 Å². The molecule has 1 saturated carbocycles. The van der Waals surface area contributed by atoms with Gasteiger partial charge in [-0.1, -0.05) is 0 Å². The summed E-state index contributed by atoms with van der Waals surface area (Å²) in [5.74, 6) is 1.75. The number of hydrogen-bond acceptors (Lipinski definition) is 4. The summed E-state index contributed by atoms with van der Waals surface area (Å²) < 4.78 is 8.17. The number of ether oxygens (including phenoxy) is 1. The first-order valence-electron chi connectivity index (χ1n) is 8.28. The highest BCUT2D eigenvalue weighted by atomic mass is 16.5. The van der Waals surface area contributed by atoms with Crippen molar-refractivity contribution in [1.82, 2.24) is 19.7 Å². The molecule has 0 amide bonds. The highest BCUT2D eigenvalue weighted by molar-refractivity contribution is 5.03. The van der Waals surface area contributed by atoms with E-state index in [1.807, 2.05) is 6.33 Å². The molecule has 0 spiro atoms. The summed E-state index contributed by atoms with van der Waals surface area (Å²) in [6.45, 7) is 10.5. The van der Waals surface area contributed by atoms with Crippen molar-refractivity contribution in [3.05, 3.63) is 12.2 Å². The Hall–Kier alpha value is -0.940. The SMILES string of the molecule is CC(C)(C)OCCN1CCC[C@@H](c2nncn2C2CC2)C1. The van der Waals surface area contributed by atoms with Crippen LogP contribution in [0.15, 0.2) is 6.33 Å². The van der Waals surface area contributed by atoms with Crippen LogP contribution in [0.2, 0.25) is 0 Å². The predicted molar refractivity (Wildman–Crippen MR) is 82.4 cm³/mol. The van der Waals surface area contributed by atoms with Gasteiger partial charge in [-0.15, -0.1) is 10.2 Å². The smallest absolute Gasteiger partial charge is 0.137 e. The van der Waals surface area contributed by atoms with Crippen molar-refractivity contribution < 1.29 is 4.74 Å². The fraction of sp³-hybridized carbons (Fsp3) is 0.875. The lowest BCUT2D eigenvalue weighted by molar-refractivity contribution is -0.0156. The van der Waals surface area contributed by atoms with Crippen LogP contribution in [0.4, 0.5) is 0 Å². The van der Waals surface area contributed by atoms with E-state index in [-0.39, 0.29) is 5.60 Å². The summed E-state index contributed by atoms with van der Waals surface area (Å²) in [7, 11) is 0. The Labute approximate surface area is 127 Å². The average Bonchev–Trinajstić information content (AvgIpc) is 3.15. The number of likely N-dealkylation sites (tertiary alicyclic amines) is 1. The third-order valence-corrected chi connectivity index (χ3v) is 4.35. The van der Waals surface area contributed by atoms with Gasteiger partial charge in [-0.25, -0.2) is 0 Å². The van der Waals surface area contributed by atoms with E-state index < -0.39 is 0 Å². The molecule has 0 bridgehead atoms. The lowest BCUT2D eigenvalue weighted by Crippen LogP contribution is -2.38. The summed E-state index contributed by atoms with van der Waals surface area (Å²) in [5.41, 5.74) is -0.0403. The van der Waals surface area contributed by atoms with Crippen LogP contribution in [0.5, 0.6) is 0 Å². The Kier molecular flexibility index (Phi) is 4.31. The maximum absolute atomic E-state index is 5.86. The Morgan fingerprint density at radius 3 is 2.81 bits per heavy atom. The first kappa shape index (κ1) is 15.0. The van der Waals surface area contributed by atoms with Crippen molar-refractivity contribution in [2.24, 2.45) is 0 Å². The Bertz CT molecular complexity index is 461. The number of aromatic nitrogens is 3. The van der Waals surface area contributed by atoms with Gasteiger partial charge in [0.25, 0.3) is 0 Å². The second-order valence-corrected chi connectivity index (χ2v) is 7.43. The van der Waals surface area contributed by atoms with E-state index in [1.165, 1.54) is 38.1 Å². The van der Waals surface area contributed by atoms with Crippen LogP contribution in [0.25, 0.3) is 0 Å². The Balaban J connectivity index is 1.54. The van der Waals surface area contributed by atoms with Gasteiger partial charge in [0, 0.05) is 25.0 Å². The van der Waals surface area contributed by atoms with Crippen LogP contribution in [-0.4, -0.2) is 51.5 Å². The summed E-state index contributed by atoms with van der Waals surface area (Å²) in [6.07, 6.45) is 7.00. The number of rotatable bonds is 5. The standard InChI is InChI=1S/C16H28N4O/c1-16(2,3)21-10-9-19-8-4-5-13(11-19)15-18-17-12-20(15)14-6-7-14/h12-14H,4-11H2,1-3H3/t13-/m1/s1. The summed E-state index contributed by atoms with van der Waals surface area (Å²) in [4.78, 5) is 2.52. The molecule has 1 saturated heterocycles. The molecule has 5 heteroatoms. The zero-order valence-corrected chi connectivity index (χ0v) is 13.6. The number of nitrogens with zero attached hydrogens (tertiary/aromatic N) is 4. The molecule has 5 nitrogen and oxygen atoms in total. The maximum Gasteiger partial charge on any atom is 0.137 e. The average molecular weight is 292 g/mol. The molecule has 21 heavy (non-hydrogen) atoms. The zero-order chi connectivity index (χ0) is 14.9. The van der Waals surface area contributed by atoms with Crippen molar-refractivity contribution in [3.8, 4) is 0 Å². The van der Waals surface area contributed by atoms with E-state index in [1.54, 1.807) is 0 Å². The molecule has 0 radical (unpaired) electrons. The van der Waals surface area contributed by atoms with Gasteiger partial charge in [-0.3, -0.25) is 0 Å². The molecule has 1 atom stereocenters. The summed E-state index contributed by atoms with van der Waals surface area (Å²) in [6, 6.07) is 0.676. The molecular formula is C16H28N4O. The van der Waals surface area contributed by atoms with E-state index in [4.69, 9.17) is 4.74 Å². The van der Waals surface area contributed by atoms with E-state index in [0.717, 1.165) is 19.7 Å². The zero-order valence-electron chi connectivity index (χ0n) is 13.6. The van der Waals surface area contributed by atoms with Gasteiger partial charge in [0.05, 0.1) is 12.2 Å². The molecule has 3 rings (SSSR count). The first-order chi connectivity index (χ1) is 10.0. The van der Waals surface area contributed by atoms with Crippen molar-refractivity contribution in [1.29, 1.82) is 0 Å². The van der Waals surface area contributed by atoms with E-state index in [0.29, 0.717) is 12.0 Å². The molecule has 1 aliphatic heterocycles. The quantitative estimate of drug-likeness (QED) is 0.836. The molecule has 2 fully saturated rings. The highest BCUT2D eigenvalue weighted by Crippen LogP contribution is 2.38. The molecular weight excluding hydrogens is 264 g/mol. The second-order valence-electron chi connectivity index (χ2n) is 7.43. The van der Waals surface area contributed by atoms with Crippen LogP contribution in [0, 0.1) is 0 Å². The largest absolute Gasteiger partial charge is 0.375 e. The fourth-order valence-electron chi connectivity index (χ4n) is 3.13. The Morgan fingerprint density at radius 1 is 1.29 bits per heavy atom. The van der Waals surface area contributed by atoms with Gasteiger partial charge in [0.1, 0.15) is 12.2 Å². The minimum atomic E-state index is -0.0403. The summed E-state index contributed by atoms with van der Waals surface area (Å²) >= 11 is 0. The van der Waals surface area contributed by atoms with Gasteiger partial charge in [-0.05, 0) is 53.0 Å². The minimum absolute atomic E-state index is 0.0403. The molecule has 1 aliphatic carbocycles. The van der Waals surface area contributed by atoms with Crippen LogP contribution >= 0.6 is 0 Å². The van der Waals surface area contributed by atoms with Crippen LogP contribution in [-0.2, 0) is 4.74 Å². The first-order valence-corrected chi connectivity index (χ1v) is 8.28. The molecule has 0 unspecified atom stereocenters. The third kappa shape index (κ3) is 4.04. The molecule has 0 aromatic carbocycles. The van der Waals surface area contributed by atoms with Crippen molar-refractivity contribution >= 4 is 0 Å². The number of hydrogen-bond donors (Lipinski definition) is 0. The molecule has 2 aliphatic rings. The molecule has 118 valence electrons. The van der Waals surface area contributed by atoms with Gasteiger partial charge in [0.2, 0.25) is 0 Å². The maximum atomic E-state index is 5.86. The van der Waals surface area contributed by atoms with Crippen LogP contribution < -0.4 is 0 Å². The second kappa shape index (κ2) is 6.05. The monoisotopic (exact) mass is 292 g/mol. The minimum Gasteiger partial charge on any atom is -0.375 e. The molecule has 1 aromatic rings. The van der Waals surface area contributed by atoms with Gasteiger partial charge < -0.3 is 14.2 Å². The predicted octanol–water partition coefficient (Wildman–Crippen LogP) is 2.61. The van der Waals surface area contributed by atoms with Crippen molar-refractivity contribution in [2.75, 3.05) is 26.2 Å². The molecule has 0 N–H and O–H groups in total. The van der Waals surface area contributed by atoms with E-state index in [9.17, 15) is 0 Å². The van der Waals surface area contributed by atoms with Gasteiger partial charge in [0.15, 0.2) is 0 Å². The highest BCUT2D eigenvalue weighted by Gasteiger charge is 2.31. The molecule has 1 aromatic heterocycles. The summed E-state index contributed by atoms with van der Waals surface area (Å²) in [5, 5.41) is 8.56. The van der Waals surface area contributed by atoms with Crippen LogP contribution in [0.3, 0.4) is 0 Å². The number of piperidine rings is 1. The molecule has 2 heterocycles. The van der Waals surface area contributed by atoms with E-state index >= 15 is 0 Å². The lowest BCUT2D eigenvalue weighted by atomic mass is 9.97.